The molecule has 6 nitrogen and oxygen atoms in total. The van der Waals surface area contributed by atoms with E-state index in [2.05, 4.69) is 26.6 Å². The smallest absolute Gasteiger partial charge is 0.246 e. The van der Waals surface area contributed by atoms with Gasteiger partial charge in [0.05, 0.1) is 4.90 Å². The van der Waals surface area contributed by atoms with Crippen molar-refractivity contribution in [2.75, 3.05) is 10.6 Å². The average Bonchev–Trinajstić information content (AvgIpc) is 2.49. The Bertz CT molecular complexity index is 790. The van der Waals surface area contributed by atoms with Gasteiger partial charge in [-0.3, -0.25) is 4.79 Å². The third-order valence-corrected chi connectivity index (χ3v) is 4.53. The molecule has 0 saturated carbocycles. The summed E-state index contributed by atoms with van der Waals surface area (Å²) in [5.41, 5.74) is 1.31. The van der Waals surface area contributed by atoms with Crippen molar-refractivity contribution in [3.8, 4) is 0 Å². The SMILES string of the molecule is C[C@H](Nc1ccc(Br)cc1)C(=O)Nc1ccc(S(N)(=O)=O)cc1. The molecule has 0 saturated heterocycles. The average molecular weight is 398 g/mol. The van der Waals surface area contributed by atoms with Gasteiger partial charge >= 0.3 is 0 Å². The van der Waals surface area contributed by atoms with Crippen molar-refractivity contribution >= 4 is 43.2 Å². The van der Waals surface area contributed by atoms with Crippen LogP contribution in [0.4, 0.5) is 11.4 Å². The number of nitrogens with one attached hydrogen (secondary N) is 2. The molecule has 0 unspecified atom stereocenters. The minimum absolute atomic E-state index is 0.00321. The first kappa shape index (κ1) is 17.5. The van der Waals surface area contributed by atoms with Crippen molar-refractivity contribution in [1.29, 1.82) is 0 Å². The van der Waals surface area contributed by atoms with E-state index in [4.69, 9.17) is 5.14 Å². The van der Waals surface area contributed by atoms with Gasteiger partial charge < -0.3 is 10.6 Å². The largest absolute Gasteiger partial charge is 0.374 e. The molecule has 0 bridgehead atoms. The second-order valence-corrected chi connectivity index (χ2v) is 7.41. The number of hydrogen-bond donors (Lipinski definition) is 3. The van der Waals surface area contributed by atoms with E-state index >= 15 is 0 Å². The number of anilines is 2. The summed E-state index contributed by atoms with van der Waals surface area (Å²) < 4.78 is 23.3. The van der Waals surface area contributed by atoms with Gasteiger partial charge in [-0.05, 0) is 55.5 Å². The van der Waals surface area contributed by atoms with Gasteiger partial charge in [-0.1, -0.05) is 15.9 Å². The maximum atomic E-state index is 12.1. The summed E-state index contributed by atoms with van der Waals surface area (Å²) in [6, 6.07) is 12.7. The number of primary sulfonamides is 1. The van der Waals surface area contributed by atoms with E-state index in [-0.39, 0.29) is 10.8 Å². The molecule has 4 N–H and O–H groups in total. The Morgan fingerprint density at radius 2 is 1.57 bits per heavy atom. The summed E-state index contributed by atoms with van der Waals surface area (Å²) in [5, 5.41) is 10.8. The van der Waals surface area contributed by atoms with Crippen LogP contribution in [0.5, 0.6) is 0 Å². The molecule has 0 heterocycles. The fourth-order valence-electron chi connectivity index (χ4n) is 1.84. The molecule has 0 fully saturated rings. The van der Waals surface area contributed by atoms with Crippen molar-refractivity contribution in [2.24, 2.45) is 5.14 Å². The first-order valence-electron chi connectivity index (χ1n) is 6.71. The molecule has 23 heavy (non-hydrogen) atoms. The number of sulfonamides is 1. The van der Waals surface area contributed by atoms with Gasteiger partial charge in [0.1, 0.15) is 6.04 Å². The van der Waals surface area contributed by atoms with E-state index in [9.17, 15) is 13.2 Å². The van der Waals surface area contributed by atoms with Crippen molar-refractivity contribution in [1.82, 2.24) is 0 Å². The Balaban J connectivity index is 1.99. The molecule has 2 aromatic rings. The van der Waals surface area contributed by atoms with Gasteiger partial charge in [-0.2, -0.15) is 0 Å². The molecule has 0 radical (unpaired) electrons. The highest BCUT2D eigenvalue weighted by Gasteiger charge is 2.13. The second-order valence-electron chi connectivity index (χ2n) is 4.93. The maximum Gasteiger partial charge on any atom is 0.246 e. The zero-order valence-corrected chi connectivity index (χ0v) is 14.7. The maximum absolute atomic E-state index is 12.1. The minimum atomic E-state index is -3.74. The summed E-state index contributed by atoms with van der Waals surface area (Å²) >= 11 is 3.35. The van der Waals surface area contributed by atoms with Gasteiger partial charge in [0.15, 0.2) is 0 Å². The van der Waals surface area contributed by atoms with Gasteiger partial charge in [0, 0.05) is 15.8 Å². The highest BCUT2D eigenvalue weighted by molar-refractivity contribution is 9.10. The van der Waals surface area contributed by atoms with Gasteiger partial charge in [0.2, 0.25) is 15.9 Å². The quantitative estimate of drug-likeness (QED) is 0.721. The van der Waals surface area contributed by atoms with Gasteiger partial charge in [0.25, 0.3) is 0 Å². The lowest BCUT2D eigenvalue weighted by atomic mass is 10.2. The van der Waals surface area contributed by atoms with Crippen LogP contribution in [0.3, 0.4) is 0 Å². The predicted octanol–water partition coefficient (Wildman–Crippen LogP) is 2.54. The Morgan fingerprint density at radius 3 is 2.09 bits per heavy atom. The number of nitrogens with two attached hydrogens (primary N) is 1. The summed E-state index contributed by atoms with van der Waals surface area (Å²) in [5.74, 6) is -0.240. The summed E-state index contributed by atoms with van der Waals surface area (Å²) in [7, 11) is -3.74. The molecule has 0 spiro atoms. The molecule has 0 aliphatic carbocycles. The molecule has 2 aromatic carbocycles. The molecule has 2 rings (SSSR count). The number of amides is 1. The monoisotopic (exact) mass is 397 g/mol. The highest BCUT2D eigenvalue weighted by Crippen LogP contribution is 2.16. The Labute approximate surface area is 143 Å². The summed E-state index contributed by atoms with van der Waals surface area (Å²) in [6.07, 6.45) is 0. The number of benzene rings is 2. The normalized spacial score (nSPS) is 12.5. The molecule has 122 valence electrons. The molecular weight excluding hydrogens is 382 g/mol. The fraction of sp³-hybridized carbons (Fsp3) is 0.133. The number of hydrogen-bond acceptors (Lipinski definition) is 4. The Hall–Kier alpha value is -1.90. The van der Waals surface area contributed by atoms with Crippen LogP contribution in [0.2, 0.25) is 0 Å². The molecule has 0 aromatic heterocycles. The lowest BCUT2D eigenvalue weighted by Crippen LogP contribution is -2.31. The number of rotatable bonds is 5. The van der Waals surface area contributed by atoms with Crippen LogP contribution < -0.4 is 15.8 Å². The van der Waals surface area contributed by atoms with Crippen molar-refractivity contribution in [2.45, 2.75) is 17.9 Å². The Kier molecular flexibility index (Phi) is 5.40. The van der Waals surface area contributed by atoms with Crippen LogP contribution in [0.1, 0.15) is 6.92 Å². The van der Waals surface area contributed by atoms with Crippen LogP contribution >= 0.6 is 15.9 Å². The topological polar surface area (TPSA) is 101 Å². The summed E-state index contributed by atoms with van der Waals surface area (Å²) in [4.78, 5) is 12.1. The zero-order valence-electron chi connectivity index (χ0n) is 12.3. The number of carbonyl (C=O) groups is 1. The standard InChI is InChI=1S/C15H16BrN3O3S/c1-10(18-12-4-2-11(16)3-5-12)15(20)19-13-6-8-14(9-7-13)23(17,21)22/h2-10,18H,1H3,(H,19,20)(H2,17,21,22)/t10-/m0/s1. The van der Waals surface area contributed by atoms with Crippen LogP contribution in [0, 0.1) is 0 Å². The van der Waals surface area contributed by atoms with E-state index in [1.165, 1.54) is 24.3 Å². The second kappa shape index (κ2) is 7.12. The van der Waals surface area contributed by atoms with E-state index in [0.717, 1.165) is 10.2 Å². The molecule has 0 aliphatic rings. The van der Waals surface area contributed by atoms with E-state index in [1.54, 1.807) is 6.92 Å². The zero-order chi connectivity index (χ0) is 17.0. The molecular formula is C15H16BrN3O3S. The fourth-order valence-corrected chi connectivity index (χ4v) is 2.62. The predicted molar refractivity (Wildman–Crippen MR) is 93.7 cm³/mol. The molecule has 1 amide bonds. The number of halogens is 1. The summed E-state index contributed by atoms with van der Waals surface area (Å²) in [6.45, 7) is 1.73. The first-order chi connectivity index (χ1) is 10.8. The van der Waals surface area contributed by atoms with Crippen molar-refractivity contribution < 1.29 is 13.2 Å². The third kappa shape index (κ3) is 5.05. The lowest BCUT2D eigenvalue weighted by Gasteiger charge is -2.15. The van der Waals surface area contributed by atoms with Gasteiger partial charge in [-0.25, -0.2) is 13.6 Å². The lowest BCUT2D eigenvalue weighted by molar-refractivity contribution is -0.116. The van der Waals surface area contributed by atoms with E-state index < -0.39 is 16.1 Å². The number of carbonyl (C=O) groups excluding carboxylic acids is 1. The minimum Gasteiger partial charge on any atom is -0.374 e. The van der Waals surface area contributed by atoms with Crippen LogP contribution in [0.15, 0.2) is 57.9 Å². The third-order valence-electron chi connectivity index (χ3n) is 3.07. The van der Waals surface area contributed by atoms with E-state index in [0.29, 0.717) is 5.69 Å². The van der Waals surface area contributed by atoms with Gasteiger partial charge in [-0.15, -0.1) is 0 Å². The Morgan fingerprint density at radius 1 is 1.04 bits per heavy atom. The van der Waals surface area contributed by atoms with Crippen LogP contribution in [-0.4, -0.2) is 20.4 Å². The van der Waals surface area contributed by atoms with Crippen molar-refractivity contribution in [3.63, 3.8) is 0 Å². The highest BCUT2D eigenvalue weighted by atomic mass is 79.9. The molecule has 8 heteroatoms. The van der Waals surface area contributed by atoms with E-state index in [1.807, 2.05) is 24.3 Å². The van der Waals surface area contributed by atoms with Crippen LogP contribution in [-0.2, 0) is 14.8 Å². The van der Waals surface area contributed by atoms with Crippen LogP contribution in [0.25, 0.3) is 0 Å². The molecule has 1 atom stereocenters. The van der Waals surface area contributed by atoms with Crippen molar-refractivity contribution in [3.05, 3.63) is 53.0 Å². The molecule has 0 aliphatic heterocycles. The first-order valence-corrected chi connectivity index (χ1v) is 9.05.